The molecule has 9 N–H and O–H groups in total. The Bertz CT molecular complexity index is 1190. The Morgan fingerprint density at radius 1 is 0.538 bits per heavy atom. The molecule has 14 nitrogen and oxygen atoms in total. The molecule has 0 aromatic carbocycles. The molecule has 12 unspecified atom stereocenters. The first-order valence-electron chi connectivity index (χ1n) is 26.1. The minimum Gasteiger partial charge on any atom is -0.394 e. The molecule has 14 heteroatoms. The summed E-state index contributed by atoms with van der Waals surface area (Å²) in [6.45, 7) is 2.76. The van der Waals surface area contributed by atoms with Crippen LogP contribution in [0.2, 0.25) is 0 Å². The van der Waals surface area contributed by atoms with E-state index in [1.54, 1.807) is 6.08 Å². The maximum absolute atomic E-state index is 13.1. The van der Waals surface area contributed by atoms with E-state index in [4.69, 9.17) is 18.9 Å². The topological polar surface area (TPSA) is 228 Å². The van der Waals surface area contributed by atoms with E-state index >= 15 is 0 Å². The highest BCUT2D eigenvalue weighted by Crippen LogP contribution is 2.30. The molecule has 2 fully saturated rings. The molecule has 12 atom stereocenters. The van der Waals surface area contributed by atoms with Crippen LogP contribution in [-0.4, -0.2) is 140 Å². The largest absolute Gasteiger partial charge is 0.394 e. The van der Waals surface area contributed by atoms with Crippen LogP contribution in [-0.2, 0) is 23.7 Å². The zero-order valence-electron chi connectivity index (χ0n) is 40.5. The summed E-state index contributed by atoms with van der Waals surface area (Å²) in [6.07, 6.45) is 25.1. The second-order valence-corrected chi connectivity index (χ2v) is 18.6. The van der Waals surface area contributed by atoms with E-state index in [0.29, 0.717) is 12.8 Å². The molecule has 2 aliphatic heterocycles. The molecule has 2 aliphatic rings. The highest BCUT2D eigenvalue weighted by Gasteiger charge is 2.51. The Hall–Kier alpha value is -1.53. The van der Waals surface area contributed by atoms with Crippen molar-refractivity contribution in [2.24, 2.45) is 0 Å². The fourth-order valence-electron chi connectivity index (χ4n) is 8.60. The number of nitrogens with one attached hydrogen (secondary N) is 1. The third kappa shape index (κ3) is 25.6. The van der Waals surface area contributed by atoms with Gasteiger partial charge in [-0.05, 0) is 32.1 Å². The van der Waals surface area contributed by atoms with E-state index in [9.17, 15) is 45.6 Å². The number of hydrogen-bond acceptors (Lipinski definition) is 13. The van der Waals surface area contributed by atoms with Gasteiger partial charge in [-0.1, -0.05) is 186 Å². The summed E-state index contributed by atoms with van der Waals surface area (Å²) in [6, 6.07) is -0.925. The highest BCUT2D eigenvalue weighted by molar-refractivity contribution is 5.76. The van der Waals surface area contributed by atoms with Crippen LogP contribution in [0.4, 0.5) is 0 Å². The summed E-state index contributed by atoms with van der Waals surface area (Å²) in [5.74, 6) is -0.250. The van der Waals surface area contributed by atoms with Crippen LogP contribution in [0.5, 0.6) is 0 Å². The van der Waals surface area contributed by atoms with Crippen LogP contribution in [0.1, 0.15) is 200 Å². The van der Waals surface area contributed by atoms with Crippen LogP contribution in [0.25, 0.3) is 0 Å². The lowest BCUT2D eigenvalue weighted by Gasteiger charge is -2.46. The number of rotatable bonds is 40. The normalized spacial score (nSPS) is 27.2. The summed E-state index contributed by atoms with van der Waals surface area (Å²) in [5, 5.41) is 86.7. The standard InChI is InChI=1S/C51H95NO13/c1-3-5-7-9-11-13-15-16-17-18-19-20-21-22-23-25-26-28-30-32-34-40(55)39(52-43(56)35-33-31-29-27-24-14-12-10-8-6-4-2)38-62-50-48(61)46(59)49(42(37-54)64-50)65-51-47(60)45(58)44(57)41(36-53)63-51/h25-26,32,34,39-42,44-51,53-55,57-61H,3-24,27-31,33,35-38H2,1-2H3,(H,52,56)/b26-25+,34-32+. The number of amides is 1. The molecular formula is C51H95NO13. The van der Waals surface area contributed by atoms with Crippen LogP contribution in [0.15, 0.2) is 24.3 Å². The number of hydrogen-bond donors (Lipinski definition) is 9. The van der Waals surface area contributed by atoms with E-state index in [0.717, 1.165) is 32.1 Å². The molecule has 2 heterocycles. The Balaban J connectivity index is 1.84. The molecule has 0 saturated carbocycles. The van der Waals surface area contributed by atoms with Crippen molar-refractivity contribution in [2.75, 3.05) is 19.8 Å². The molecule has 382 valence electrons. The Morgan fingerprint density at radius 2 is 0.985 bits per heavy atom. The van der Waals surface area contributed by atoms with E-state index < -0.39 is 86.8 Å². The summed E-state index contributed by atoms with van der Waals surface area (Å²) in [5.41, 5.74) is 0. The average molecular weight is 930 g/mol. The van der Waals surface area contributed by atoms with Crippen molar-refractivity contribution in [1.29, 1.82) is 0 Å². The van der Waals surface area contributed by atoms with Crippen molar-refractivity contribution in [2.45, 2.75) is 274 Å². The first-order valence-corrected chi connectivity index (χ1v) is 26.1. The van der Waals surface area contributed by atoms with Crippen molar-refractivity contribution in [1.82, 2.24) is 5.32 Å². The smallest absolute Gasteiger partial charge is 0.220 e. The minimum atomic E-state index is -1.79. The molecule has 2 rings (SSSR count). The second kappa shape index (κ2) is 38.3. The maximum Gasteiger partial charge on any atom is 0.220 e. The molecule has 0 aromatic heterocycles. The SMILES string of the molecule is CCCCCCCCCCCCCCCC/C=C/CC/C=C/C(O)C(COC1OC(CO)C(OC2OC(CO)C(O)C(O)C2O)C(O)C1O)NC(=O)CCCCCCCCCCCCC. The van der Waals surface area contributed by atoms with Gasteiger partial charge in [0.2, 0.25) is 5.91 Å². The summed E-state index contributed by atoms with van der Waals surface area (Å²) >= 11 is 0. The van der Waals surface area contributed by atoms with Gasteiger partial charge in [-0.15, -0.1) is 0 Å². The number of aliphatic hydroxyl groups excluding tert-OH is 8. The third-order valence-electron chi connectivity index (χ3n) is 12.9. The molecule has 1 amide bonds. The lowest BCUT2D eigenvalue weighted by atomic mass is 9.97. The van der Waals surface area contributed by atoms with Crippen LogP contribution < -0.4 is 5.32 Å². The van der Waals surface area contributed by atoms with Gasteiger partial charge in [0.15, 0.2) is 12.6 Å². The quantitative estimate of drug-likeness (QED) is 0.0225. The molecule has 0 aromatic rings. The van der Waals surface area contributed by atoms with Crippen molar-refractivity contribution < 1.29 is 64.6 Å². The predicted molar refractivity (Wildman–Crippen MR) is 254 cm³/mol. The van der Waals surface area contributed by atoms with Gasteiger partial charge in [0.25, 0.3) is 0 Å². The molecule has 65 heavy (non-hydrogen) atoms. The van der Waals surface area contributed by atoms with Gasteiger partial charge in [0, 0.05) is 6.42 Å². The fraction of sp³-hybridized carbons (Fsp3) is 0.902. The number of carbonyl (C=O) groups is 1. The number of ether oxygens (including phenoxy) is 4. The van der Waals surface area contributed by atoms with Crippen molar-refractivity contribution in [3.8, 4) is 0 Å². The summed E-state index contributed by atoms with van der Waals surface area (Å²) in [4.78, 5) is 13.1. The van der Waals surface area contributed by atoms with Gasteiger partial charge in [-0.25, -0.2) is 0 Å². The number of unbranched alkanes of at least 4 members (excludes halogenated alkanes) is 25. The maximum atomic E-state index is 13.1. The first-order chi connectivity index (χ1) is 31.6. The fourth-order valence-corrected chi connectivity index (χ4v) is 8.60. The Kier molecular flexibility index (Phi) is 35.1. The van der Waals surface area contributed by atoms with Gasteiger partial charge >= 0.3 is 0 Å². The molecule has 0 radical (unpaired) electrons. The van der Waals surface area contributed by atoms with Gasteiger partial charge in [-0.2, -0.15) is 0 Å². The lowest BCUT2D eigenvalue weighted by Crippen LogP contribution is -2.65. The monoisotopic (exact) mass is 930 g/mol. The molecular weight excluding hydrogens is 835 g/mol. The molecule has 2 saturated heterocycles. The first kappa shape index (κ1) is 59.6. The van der Waals surface area contributed by atoms with E-state index in [2.05, 4.69) is 31.3 Å². The average Bonchev–Trinajstić information content (AvgIpc) is 3.30. The van der Waals surface area contributed by atoms with Crippen molar-refractivity contribution in [3.63, 3.8) is 0 Å². The van der Waals surface area contributed by atoms with Crippen LogP contribution >= 0.6 is 0 Å². The molecule has 0 aliphatic carbocycles. The summed E-state index contributed by atoms with van der Waals surface area (Å²) < 4.78 is 22.7. The lowest BCUT2D eigenvalue weighted by molar-refractivity contribution is -0.359. The summed E-state index contributed by atoms with van der Waals surface area (Å²) in [7, 11) is 0. The predicted octanol–water partition coefficient (Wildman–Crippen LogP) is 6.94. The van der Waals surface area contributed by atoms with E-state index in [-0.39, 0.29) is 18.9 Å². The molecule has 0 bridgehead atoms. The minimum absolute atomic E-state index is 0.250. The Morgan fingerprint density at radius 3 is 1.51 bits per heavy atom. The van der Waals surface area contributed by atoms with Gasteiger partial charge in [0.1, 0.15) is 48.8 Å². The third-order valence-corrected chi connectivity index (χ3v) is 12.9. The van der Waals surface area contributed by atoms with Crippen LogP contribution in [0, 0.1) is 0 Å². The van der Waals surface area contributed by atoms with Crippen molar-refractivity contribution >= 4 is 5.91 Å². The van der Waals surface area contributed by atoms with E-state index in [1.165, 1.54) is 135 Å². The Labute approximate surface area is 392 Å². The number of allylic oxidation sites excluding steroid dienone is 3. The van der Waals surface area contributed by atoms with Crippen molar-refractivity contribution in [3.05, 3.63) is 24.3 Å². The zero-order valence-corrected chi connectivity index (χ0v) is 40.5. The van der Waals surface area contributed by atoms with Crippen LogP contribution in [0.3, 0.4) is 0 Å². The van der Waals surface area contributed by atoms with E-state index in [1.807, 2.05) is 6.08 Å². The highest BCUT2D eigenvalue weighted by atomic mass is 16.7. The van der Waals surface area contributed by atoms with Gasteiger partial charge in [0.05, 0.1) is 32.0 Å². The second-order valence-electron chi connectivity index (χ2n) is 18.6. The number of aliphatic hydroxyl groups is 8. The zero-order chi connectivity index (χ0) is 47.5. The van der Waals surface area contributed by atoms with Gasteiger partial charge < -0.3 is 65.1 Å². The number of carbonyl (C=O) groups excluding carboxylic acids is 1. The van der Waals surface area contributed by atoms with Gasteiger partial charge in [-0.3, -0.25) is 4.79 Å². The molecule has 0 spiro atoms.